The number of benzene rings is 3. The van der Waals surface area contributed by atoms with Crippen molar-refractivity contribution < 1.29 is 4.39 Å². The van der Waals surface area contributed by atoms with E-state index in [9.17, 15) is 4.39 Å². The third kappa shape index (κ3) is 2.55. The van der Waals surface area contributed by atoms with Crippen LogP contribution in [0.3, 0.4) is 0 Å². The van der Waals surface area contributed by atoms with Gasteiger partial charge in [0.1, 0.15) is 5.82 Å². The molecule has 21 heavy (non-hydrogen) atoms. The molecule has 0 spiro atoms. The second-order valence-electron chi connectivity index (χ2n) is 5.28. The third-order valence-electron chi connectivity index (χ3n) is 3.96. The lowest BCUT2D eigenvalue weighted by Crippen LogP contribution is -2.08. The summed E-state index contributed by atoms with van der Waals surface area (Å²) in [6.07, 6.45) is 0.916. The molecule has 0 saturated heterocycles. The maximum Gasteiger partial charge on any atom is 0.131 e. The summed E-state index contributed by atoms with van der Waals surface area (Å²) in [4.78, 5) is 0. The molecule has 0 aliphatic rings. The van der Waals surface area contributed by atoms with Gasteiger partial charge in [-0.05, 0) is 34.6 Å². The third-order valence-corrected chi connectivity index (χ3v) is 3.96. The van der Waals surface area contributed by atoms with Gasteiger partial charge in [-0.25, -0.2) is 4.39 Å². The van der Waals surface area contributed by atoms with Gasteiger partial charge < -0.3 is 5.73 Å². The minimum atomic E-state index is -0.182. The maximum absolute atomic E-state index is 13.9. The Balaban J connectivity index is 2.11. The summed E-state index contributed by atoms with van der Waals surface area (Å²) in [5.41, 5.74) is 9.30. The fourth-order valence-electron chi connectivity index (χ4n) is 2.66. The summed E-state index contributed by atoms with van der Waals surface area (Å²) < 4.78 is 13.9. The SMILES string of the molecule is CCC(N)c1ccc(-c2ccc(F)c3ccccc23)cc1. The second-order valence-corrected chi connectivity index (χ2v) is 5.28. The van der Waals surface area contributed by atoms with Crippen LogP contribution < -0.4 is 5.73 Å². The van der Waals surface area contributed by atoms with Crippen molar-refractivity contribution in [2.75, 3.05) is 0 Å². The van der Waals surface area contributed by atoms with E-state index in [0.717, 1.165) is 28.5 Å². The van der Waals surface area contributed by atoms with Crippen LogP contribution in [0.15, 0.2) is 60.7 Å². The largest absolute Gasteiger partial charge is 0.324 e. The Bertz CT molecular complexity index is 762. The molecule has 0 saturated carbocycles. The Hall–Kier alpha value is -2.19. The molecule has 106 valence electrons. The van der Waals surface area contributed by atoms with Crippen LogP contribution in [-0.4, -0.2) is 0 Å². The predicted molar refractivity (Wildman–Crippen MR) is 86.6 cm³/mol. The summed E-state index contributed by atoms with van der Waals surface area (Å²) in [6.45, 7) is 2.08. The molecule has 0 amide bonds. The summed E-state index contributed by atoms with van der Waals surface area (Å²) in [5, 5.41) is 1.59. The highest BCUT2D eigenvalue weighted by Gasteiger charge is 2.08. The van der Waals surface area contributed by atoms with Gasteiger partial charge in [0.25, 0.3) is 0 Å². The Labute approximate surface area is 124 Å². The van der Waals surface area contributed by atoms with Crippen LogP contribution in [0.2, 0.25) is 0 Å². The molecule has 3 aromatic rings. The van der Waals surface area contributed by atoms with Gasteiger partial charge >= 0.3 is 0 Å². The van der Waals surface area contributed by atoms with Crippen LogP contribution in [0.25, 0.3) is 21.9 Å². The molecule has 0 aliphatic carbocycles. The van der Waals surface area contributed by atoms with E-state index in [2.05, 4.69) is 31.2 Å². The van der Waals surface area contributed by atoms with Gasteiger partial charge in [0, 0.05) is 11.4 Å². The fourth-order valence-corrected chi connectivity index (χ4v) is 2.66. The van der Waals surface area contributed by atoms with Crippen molar-refractivity contribution >= 4 is 10.8 Å². The van der Waals surface area contributed by atoms with E-state index >= 15 is 0 Å². The Kier molecular flexibility index (Phi) is 3.72. The van der Waals surface area contributed by atoms with Crippen molar-refractivity contribution in [1.29, 1.82) is 0 Å². The van der Waals surface area contributed by atoms with Gasteiger partial charge in [-0.3, -0.25) is 0 Å². The Morgan fingerprint density at radius 1 is 0.905 bits per heavy atom. The zero-order chi connectivity index (χ0) is 14.8. The molecular formula is C19H18FN. The topological polar surface area (TPSA) is 26.0 Å². The molecule has 0 aromatic heterocycles. The van der Waals surface area contributed by atoms with E-state index < -0.39 is 0 Å². The summed E-state index contributed by atoms with van der Waals surface area (Å²) in [7, 11) is 0. The van der Waals surface area contributed by atoms with Crippen molar-refractivity contribution in [2.45, 2.75) is 19.4 Å². The van der Waals surface area contributed by atoms with Gasteiger partial charge in [-0.1, -0.05) is 61.5 Å². The van der Waals surface area contributed by atoms with E-state index in [1.807, 2.05) is 30.3 Å². The highest BCUT2D eigenvalue weighted by Crippen LogP contribution is 2.31. The van der Waals surface area contributed by atoms with Gasteiger partial charge in [-0.2, -0.15) is 0 Å². The maximum atomic E-state index is 13.9. The standard InChI is InChI=1S/C19H18FN/c1-2-19(21)14-9-7-13(8-10-14)15-11-12-18(20)17-6-4-3-5-16(15)17/h3-12,19H,2,21H2,1H3. The first-order valence-electron chi connectivity index (χ1n) is 7.24. The normalized spacial score (nSPS) is 12.5. The molecule has 1 nitrogen and oxygen atoms in total. The predicted octanol–water partition coefficient (Wildman–Crippen LogP) is 5.06. The number of hydrogen-bond acceptors (Lipinski definition) is 1. The van der Waals surface area contributed by atoms with E-state index in [1.54, 1.807) is 0 Å². The first-order chi connectivity index (χ1) is 10.2. The average molecular weight is 279 g/mol. The van der Waals surface area contributed by atoms with Crippen molar-refractivity contribution in [1.82, 2.24) is 0 Å². The zero-order valence-corrected chi connectivity index (χ0v) is 12.0. The molecule has 2 N–H and O–H groups in total. The lowest BCUT2D eigenvalue weighted by Gasteiger charge is -2.11. The highest BCUT2D eigenvalue weighted by molar-refractivity contribution is 5.96. The van der Waals surface area contributed by atoms with Gasteiger partial charge in [0.05, 0.1) is 0 Å². The molecule has 3 rings (SSSR count). The number of hydrogen-bond donors (Lipinski definition) is 1. The van der Waals surface area contributed by atoms with E-state index in [0.29, 0.717) is 5.39 Å². The number of halogens is 1. The number of rotatable bonds is 3. The first kappa shape index (κ1) is 13.8. The summed E-state index contributed by atoms with van der Waals surface area (Å²) in [5.74, 6) is -0.182. The van der Waals surface area contributed by atoms with Gasteiger partial charge in [0.2, 0.25) is 0 Å². The summed E-state index contributed by atoms with van der Waals surface area (Å²) in [6, 6.07) is 19.2. The van der Waals surface area contributed by atoms with Crippen LogP contribution in [0.1, 0.15) is 24.9 Å². The minimum absolute atomic E-state index is 0.0732. The van der Waals surface area contributed by atoms with E-state index in [1.165, 1.54) is 6.07 Å². The highest BCUT2D eigenvalue weighted by atomic mass is 19.1. The van der Waals surface area contributed by atoms with Crippen LogP contribution in [0, 0.1) is 5.82 Å². The van der Waals surface area contributed by atoms with Crippen molar-refractivity contribution in [2.24, 2.45) is 5.73 Å². The molecule has 0 heterocycles. The molecule has 0 radical (unpaired) electrons. The van der Waals surface area contributed by atoms with Crippen LogP contribution in [0.4, 0.5) is 4.39 Å². The number of fused-ring (bicyclic) bond motifs is 1. The molecule has 0 bridgehead atoms. The monoisotopic (exact) mass is 279 g/mol. The number of nitrogens with two attached hydrogens (primary N) is 1. The molecule has 1 atom stereocenters. The van der Waals surface area contributed by atoms with Crippen LogP contribution in [-0.2, 0) is 0 Å². The molecule has 3 aromatic carbocycles. The van der Waals surface area contributed by atoms with Crippen molar-refractivity contribution in [3.8, 4) is 11.1 Å². The Morgan fingerprint density at radius 3 is 2.24 bits per heavy atom. The Morgan fingerprint density at radius 2 is 1.57 bits per heavy atom. The van der Waals surface area contributed by atoms with Crippen molar-refractivity contribution in [3.63, 3.8) is 0 Å². The quantitative estimate of drug-likeness (QED) is 0.713. The minimum Gasteiger partial charge on any atom is -0.324 e. The van der Waals surface area contributed by atoms with Crippen LogP contribution in [0.5, 0.6) is 0 Å². The first-order valence-corrected chi connectivity index (χ1v) is 7.24. The molecule has 2 heteroatoms. The van der Waals surface area contributed by atoms with E-state index in [4.69, 9.17) is 5.73 Å². The summed E-state index contributed by atoms with van der Waals surface area (Å²) >= 11 is 0. The molecular weight excluding hydrogens is 261 g/mol. The fraction of sp³-hybridized carbons (Fsp3) is 0.158. The van der Waals surface area contributed by atoms with Crippen molar-refractivity contribution in [3.05, 3.63) is 72.0 Å². The molecule has 0 fully saturated rings. The lowest BCUT2D eigenvalue weighted by atomic mass is 9.96. The zero-order valence-electron chi connectivity index (χ0n) is 12.0. The average Bonchev–Trinajstić information content (AvgIpc) is 2.55. The lowest BCUT2D eigenvalue weighted by molar-refractivity contribution is 0.640. The second kappa shape index (κ2) is 5.66. The van der Waals surface area contributed by atoms with Gasteiger partial charge in [-0.15, -0.1) is 0 Å². The van der Waals surface area contributed by atoms with E-state index in [-0.39, 0.29) is 11.9 Å². The smallest absolute Gasteiger partial charge is 0.131 e. The molecule has 0 aliphatic heterocycles. The van der Waals surface area contributed by atoms with Gasteiger partial charge in [0.15, 0.2) is 0 Å². The molecule has 1 unspecified atom stereocenters. The van der Waals surface area contributed by atoms with Crippen LogP contribution >= 0.6 is 0 Å².